The molecule has 4 heteroatoms. The van der Waals surface area contributed by atoms with Gasteiger partial charge in [-0.2, -0.15) is 0 Å². The molecule has 2 rings (SSSR count). The molecular weight excluding hydrogens is 297 g/mol. The molecule has 2 nitrogen and oxygen atoms in total. The first-order valence-corrected chi connectivity index (χ1v) is 7.19. The van der Waals surface area contributed by atoms with Gasteiger partial charge in [0.2, 0.25) is 0 Å². The second kappa shape index (κ2) is 5.83. The van der Waals surface area contributed by atoms with E-state index < -0.39 is 5.82 Å². The zero-order valence-electron chi connectivity index (χ0n) is 10.5. The summed E-state index contributed by atoms with van der Waals surface area (Å²) in [6.45, 7) is 2.82. The van der Waals surface area contributed by atoms with Crippen LogP contribution >= 0.6 is 15.9 Å². The summed E-state index contributed by atoms with van der Waals surface area (Å²) in [5.41, 5.74) is 0.171. The highest BCUT2D eigenvalue weighted by atomic mass is 79.9. The Balaban J connectivity index is 2.27. The molecule has 18 heavy (non-hydrogen) atoms. The Bertz CT molecular complexity index is 449. The number of hydrogen-bond acceptors (Lipinski definition) is 1. The van der Waals surface area contributed by atoms with Gasteiger partial charge in [0.05, 0.1) is 10.0 Å². The zero-order chi connectivity index (χ0) is 13.1. The number of carbonyl (C=O) groups is 1. The minimum atomic E-state index is -0.456. The van der Waals surface area contributed by atoms with Gasteiger partial charge in [-0.05, 0) is 53.7 Å². The average Bonchev–Trinajstić information content (AvgIpc) is 2.41. The topological polar surface area (TPSA) is 20.3 Å². The third-order valence-corrected chi connectivity index (χ3v) is 4.15. The van der Waals surface area contributed by atoms with Crippen LogP contribution in [0.1, 0.15) is 43.0 Å². The Kier molecular flexibility index (Phi) is 4.38. The summed E-state index contributed by atoms with van der Waals surface area (Å²) in [7, 11) is 0. The molecule has 1 heterocycles. The van der Waals surface area contributed by atoms with Gasteiger partial charge in [-0.3, -0.25) is 4.79 Å². The van der Waals surface area contributed by atoms with Gasteiger partial charge >= 0.3 is 0 Å². The lowest BCUT2D eigenvalue weighted by molar-refractivity contribution is 0.0603. The van der Waals surface area contributed by atoms with E-state index in [9.17, 15) is 9.18 Å². The van der Waals surface area contributed by atoms with Crippen molar-refractivity contribution in [1.29, 1.82) is 0 Å². The van der Waals surface area contributed by atoms with E-state index in [1.807, 2.05) is 4.90 Å². The number of piperidine rings is 1. The van der Waals surface area contributed by atoms with Crippen molar-refractivity contribution in [3.63, 3.8) is 0 Å². The molecule has 0 aromatic heterocycles. The van der Waals surface area contributed by atoms with Gasteiger partial charge in [0.15, 0.2) is 0 Å². The molecule has 0 aliphatic carbocycles. The Morgan fingerprint density at radius 3 is 3.00 bits per heavy atom. The van der Waals surface area contributed by atoms with Crippen LogP contribution in [0.15, 0.2) is 22.7 Å². The highest BCUT2D eigenvalue weighted by molar-refractivity contribution is 9.10. The van der Waals surface area contributed by atoms with Gasteiger partial charge in [0.1, 0.15) is 5.82 Å². The second-order valence-corrected chi connectivity index (χ2v) is 5.51. The molecule has 1 aliphatic heterocycles. The molecule has 98 valence electrons. The second-order valence-electron chi connectivity index (χ2n) is 4.66. The molecule has 0 spiro atoms. The summed E-state index contributed by atoms with van der Waals surface area (Å²) < 4.78 is 14.3. The minimum Gasteiger partial charge on any atom is -0.336 e. The van der Waals surface area contributed by atoms with Crippen molar-refractivity contribution >= 4 is 21.8 Å². The van der Waals surface area contributed by atoms with E-state index in [2.05, 4.69) is 22.9 Å². The van der Waals surface area contributed by atoms with Crippen LogP contribution in [0, 0.1) is 5.82 Å². The van der Waals surface area contributed by atoms with Crippen LogP contribution in [-0.4, -0.2) is 23.4 Å². The highest BCUT2D eigenvalue weighted by Gasteiger charge is 2.28. The van der Waals surface area contributed by atoms with Crippen molar-refractivity contribution in [2.75, 3.05) is 6.54 Å². The standard InChI is InChI=1S/C14H17BrFNO/c1-2-10-6-3-4-9-17(10)14(18)11-7-5-8-12(15)13(11)16/h5,7-8,10H,2-4,6,9H2,1H3. The molecule has 1 atom stereocenters. The van der Waals surface area contributed by atoms with Crippen LogP contribution in [0.3, 0.4) is 0 Å². The summed E-state index contributed by atoms with van der Waals surface area (Å²) in [6.07, 6.45) is 4.13. The maximum atomic E-state index is 13.9. The van der Waals surface area contributed by atoms with E-state index in [-0.39, 0.29) is 17.5 Å². The predicted molar refractivity (Wildman–Crippen MR) is 73.1 cm³/mol. The van der Waals surface area contributed by atoms with Gasteiger partial charge in [-0.25, -0.2) is 4.39 Å². The van der Waals surface area contributed by atoms with Crippen molar-refractivity contribution in [3.05, 3.63) is 34.1 Å². The van der Waals surface area contributed by atoms with Crippen LogP contribution in [-0.2, 0) is 0 Å². The van der Waals surface area contributed by atoms with E-state index in [1.165, 1.54) is 0 Å². The fourth-order valence-corrected chi connectivity index (χ4v) is 2.88. The molecule has 0 saturated carbocycles. The smallest absolute Gasteiger partial charge is 0.257 e. The van der Waals surface area contributed by atoms with Crippen molar-refractivity contribution in [2.45, 2.75) is 38.6 Å². The molecule has 1 aromatic carbocycles. The maximum absolute atomic E-state index is 13.9. The van der Waals surface area contributed by atoms with E-state index in [0.29, 0.717) is 4.47 Å². The first-order chi connectivity index (χ1) is 8.65. The molecule has 1 saturated heterocycles. The average molecular weight is 314 g/mol. The number of likely N-dealkylation sites (tertiary alicyclic amines) is 1. The van der Waals surface area contributed by atoms with E-state index in [4.69, 9.17) is 0 Å². The minimum absolute atomic E-state index is 0.171. The first kappa shape index (κ1) is 13.5. The number of nitrogens with zero attached hydrogens (tertiary/aromatic N) is 1. The van der Waals surface area contributed by atoms with Gasteiger partial charge in [0.25, 0.3) is 5.91 Å². The molecule has 0 radical (unpaired) electrons. The zero-order valence-corrected chi connectivity index (χ0v) is 12.0. The largest absolute Gasteiger partial charge is 0.336 e. The number of halogens is 2. The van der Waals surface area contributed by atoms with Gasteiger partial charge in [-0.15, -0.1) is 0 Å². The quantitative estimate of drug-likeness (QED) is 0.808. The summed E-state index contributed by atoms with van der Waals surface area (Å²) in [5, 5.41) is 0. The number of rotatable bonds is 2. The molecule has 1 unspecified atom stereocenters. The number of hydrogen-bond donors (Lipinski definition) is 0. The van der Waals surface area contributed by atoms with Crippen LogP contribution in [0.25, 0.3) is 0 Å². The lowest BCUT2D eigenvalue weighted by atomic mass is 9.99. The summed E-state index contributed by atoms with van der Waals surface area (Å²) >= 11 is 3.12. The lowest BCUT2D eigenvalue weighted by Crippen LogP contribution is -2.43. The third-order valence-electron chi connectivity index (χ3n) is 3.54. The van der Waals surface area contributed by atoms with E-state index in [0.717, 1.165) is 32.2 Å². The van der Waals surface area contributed by atoms with Crippen LogP contribution in [0.5, 0.6) is 0 Å². The Hall–Kier alpha value is -0.900. The van der Waals surface area contributed by atoms with Gasteiger partial charge in [-0.1, -0.05) is 13.0 Å². The number of benzene rings is 1. The van der Waals surface area contributed by atoms with Crippen LogP contribution in [0.4, 0.5) is 4.39 Å². The summed E-state index contributed by atoms with van der Waals surface area (Å²) in [4.78, 5) is 14.2. The maximum Gasteiger partial charge on any atom is 0.257 e. The van der Waals surface area contributed by atoms with E-state index in [1.54, 1.807) is 18.2 Å². The number of carbonyl (C=O) groups excluding carboxylic acids is 1. The first-order valence-electron chi connectivity index (χ1n) is 6.40. The molecular formula is C14H17BrFNO. The van der Waals surface area contributed by atoms with Crippen molar-refractivity contribution in [3.8, 4) is 0 Å². The van der Waals surface area contributed by atoms with Gasteiger partial charge in [0, 0.05) is 12.6 Å². The molecule has 0 bridgehead atoms. The monoisotopic (exact) mass is 313 g/mol. The molecule has 1 fully saturated rings. The number of amides is 1. The Labute approximate surface area is 115 Å². The van der Waals surface area contributed by atoms with E-state index >= 15 is 0 Å². The molecule has 1 aliphatic rings. The lowest BCUT2D eigenvalue weighted by Gasteiger charge is -2.35. The SMILES string of the molecule is CCC1CCCCN1C(=O)c1cccc(Br)c1F. The highest BCUT2D eigenvalue weighted by Crippen LogP contribution is 2.25. The van der Waals surface area contributed by atoms with Crippen molar-refractivity contribution < 1.29 is 9.18 Å². The normalized spacial score (nSPS) is 19.9. The van der Waals surface area contributed by atoms with Gasteiger partial charge < -0.3 is 4.90 Å². The predicted octanol–water partition coefficient (Wildman–Crippen LogP) is 3.99. The van der Waals surface area contributed by atoms with Crippen molar-refractivity contribution in [2.24, 2.45) is 0 Å². The summed E-state index contributed by atoms with van der Waals surface area (Å²) in [5.74, 6) is -0.636. The van der Waals surface area contributed by atoms with Crippen LogP contribution < -0.4 is 0 Å². The third kappa shape index (κ3) is 2.58. The fourth-order valence-electron chi connectivity index (χ4n) is 2.52. The van der Waals surface area contributed by atoms with Crippen molar-refractivity contribution in [1.82, 2.24) is 4.90 Å². The Morgan fingerprint density at radius 2 is 2.28 bits per heavy atom. The summed E-state index contributed by atoms with van der Waals surface area (Å²) in [6, 6.07) is 5.12. The molecule has 0 N–H and O–H groups in total. The Morgan fingerprint density at radius 1 is 1.50 bits per heavy atom. The van der Waals surface area contributed by atoms with Crippen LogP contribution in [0.2, 0.25) is 0 Å². The molecule has 1 aromatic rings. The molecule has 1 amide bonds. The fraction of sp³-hybridized carbons (Fsp3) is 0.500.